The fraction of sp³-hybridized carbons (Fsp3) is 0.692. The molecule has 3 nitrogen and oxygen atoms in total. The quantitative estimate of drug-likeness (QED) is 0.863. The van der Waals surface area contributed by atoms with Crippen molar-refractivity contribution in [3.8, 4) is 0 Å². The van der Waals surface area contributed by atoms with Crippen molar-refractivity contribution in [1.29, 1.82) is 0 Å². The van der Waals surface area contributed by atoms with Crippen molar-refractivity contribution in [2.75, 3.05) is 0 Å². The molecule has 1 atom stereocenters. The van der Waals surface area contributed by atoms with Gasteiger partial charge in [0.15, 0.2) is 0 Å². The lowest BCUT2D eigenvalue weighted by Gasteiger charge is -2.25. The van der Waals surface area contributed by atoms with Gasteiger partial charge in [0.25, 0.3) is 0 Å². The third-order valence-electron chi connectivity index (χ3n) is 1.86. The Hall–Kier alpha value is -0.610. The number of aryl methyl sites for hydroxylation is 1. The van der Waals surface area contributed by atoms with Crippen LogP contribution < -0.4 is 4.72 Å². The number of hydrogen-bond donors (Lipinski definition) is 1. The lowest BCUT2D eigenvalue weighted by Crippen LogP contribution is -2.38. The van der Waals surface area contributed by atoms with Crippen LogP contribution in [0, 0.1) is 0 Å². The zero-order chi connectivity index (χ0) is 13.3. The van der Waals surface area contributed by atoms with Gasteiger partial charge in [0.05, 0.1) is 5.54 Å². The van der Waals surface area contributed by atoms with E-state index in [-0.39, 0.29) is 22.0 Å². The van der Waals surface area contributed by atoms with E-state index in [1.54, 1.807) is 0 Å². The van der Waals surface area contributed by atoms with Crippen molar-refractivity contribution in [1.82, 2.24) is 9.29 Å². The van der Waals surface area contributed by atoms with Crippen LogP contribution in [0.3, 0.4) is 0 Å². The molecule has 17 heavy (non-hydrogen) atoms. The Morgan fingerprint density at radius 1 is 1.18 bits per heavy atom. The van der Waals surface area contributed by atoms with E-state index in [0.29, 0.717) is 0 Å². The van der Waals surface area contributed by atoms with Gasteiger partial charge in [-0.25, -0.2) is 9.08 Å². The summed E-state index contributed by atoms with van der Waals surface area (Å²) < 4.78 is 10.6. The molecule has 0 saturated carbocycles. The van der Waals surface area contributed by atoms with Crippen molar-refractivity contribution in [2.45, 2.75) is 57.6 Å². The maximum absolute atomic E-state index is 4.89. The summed E-state index contributed by atoms with van der Waals surface area (Å²) in [7, 11) is 1.80. The summed E-state index contributed by atoms with van der Waals surface area (Å²) in [6.45, 7) is 12.9. The number of hydrogen-bond acceptors (Lipinski definition) is 1. The van der Waals surface area contributed by atoms with Gasteiger partial charge in [0, 0.05) is 29.7 Å². The monoisotopic (exact) mass is 255 g/mol. The summed E-state index contributed by atoms with van der Waals surface area (Å²) in [5, 5.41) is 1.23. The van der Waals surface area contributed by atoms with Gasteiger partial charge in [-0.05, 0) is 53.7 Å². The highest BCUT2D eigenvalue weighted by molar-refractivity contribution is 7.85. The molecule has 0 aliphatic carbocycles. The SMILES string of the molecule is Cn1cccc1S(=NC(C)(C)C)NC(C)(C)C. The van der Waals surface area contributed by atoms with Gasteiger partial charge in [0.2, 0.25) is 0 Å². The molecule has 0 saturated heterocycles. The number of nitrogens with one attached hydrogen (secondary N) is 1. The Balaban J connectivity index is 3.13. The van der Waals surface area contributed by atoms with Gasteiger partial charge in [-0.2, -0.15) is 0 Å². The summed E-state index contributed by atoms with van der Waals surface area (Å²) in [6, 6.07) is 4.20. The fourth-order valence-electron chi connectivity index (χ4n) is 1.33. The van der Waals surface area contributed by atoms with Gasteiger partial charge in [0.1, 0.15) is 5.03 Å². The first-order chi connectivity index (χ1) is 7.58. The molecule has 1 rings (SSSR count). The van der Waals surface area contributed by atoms with Gasteiger partial charge in [-0.15, -0.1) is 0 Å². The largest absolute Gasteiger partial charge is 0.344 e. The van der Waals surface area contributed by atoms with Gasteiger partial charge in [-0.3, -0.25) is 0 Å². The minimum Gasteiger partial charge on any atom is -0.344 e. The van der Waals surface area contributed by atoms with Crippen molar-refractivity contribution in [2.24, 2.45) is 11.4 Å². The van der Waals surface area contributed by atoms with Crippen LogP contribution in [0.15, 0.2) is 27.7 Å². The normalized spacial score (nSPS) is 15.2. The molecular weight excluding hydrogens is 230 g/mol. The Bertz CT molecular complexity index is 405. The predicted octanol–water partition coefficient (Wildman–Crippen LogP) is 3.29. The molecule has 98 valence electrons. The van der Waals surface area contributed by atoms with E-state index in [9.17, 15) is 0 Å². The second kappa shape index (κ2) is 4.94. The molecule has 0 aliphatic heterocycles. The Morgan fingerprint density at radius 3 is 2.12 bits per heavy atom. The number of rotatable bonds is 2. The van der Waals surface area contributed by atoms with E-state index in [1.165, 1.54) is 5.03 Å². The zero-order valence-corrected chi connectivity index (χ0v) is 12.9. The number of nitrogens with zero attached hydrogens (tertiary/aromatic N) is 2. The summed E-state index contributed by atoms with van der Waals surface area (Å²) in [4.78, 5) is 0. The third-order valence-corrected chi connectivity index (χ3v) is 4.22. The fourth-order valence-corrected chi connectivity index (χ4v) is 3.24. The third kappa shape index (κ3) is 5.04. The maximum Gasteiger partial charge on any atom is 0.100 e. The molecule has 0 bridgehead atoms. The molecule has 0 spiro atoms. The zero-order valence-electron chi connectivity index (χ0n) is 12.0. The minimum absolute atomic E-state index is 0.0361. The lowest BCUT2D eigenvalue weighted by atomic mass is 10.1. The van der Waals surface area contributed by atoms with Crippen LogP contribution in [-0.2, 0) is 17.9 Å². The second-order valence-electron chi connectivity index (χ2n) is 6.36. The minimum atomic E-state index is -0.269. The van der Waals surface area contributed by atoms with Gasteiger partial charge < -0.3 is 4.57 Å². The molecule has 1 aromatic rings. The highest BCUT2D eigenvalue weighted by atomic mass is 32.2. The first-order valence-electron chi connectivity index (χ1n) is 5.95. The van der Waals surface area contributed by atoms with E-state index in [4.69, 9.17) is 4.36 Å². The van der Waals surface area contributed by atoms with Crippen LogP contribution in [0.5, 0.6) is 0 Å². The first kappa shape index (κ1) is 14.5. The first-order valence-corrected chi connectivity index (χ1v) is 7.13. The molecule has 4 heteroatoms. The summed E-state index contributed by atoms with van der Waals surface area (Å²) in [5.41, 5.74) is 0.0216. The van der Waals surface area contributed by atoms with E-state index >= 15 is 0 Å². The van der Waals surface area contributed by atoms with Crippen LogP contribution in [0.1, 0.15) is 41.5 Å². The maximum atomic E-state index is 4.89. The van der Waals surface area contributed by atoms with Gasteiger partial charge >= 0.3 is 0 Å². The van der Waals surface area contributed by atoms with E-state index in [1.807, 2.05) is 0 Å². The average molecular weight is 255 g/mol. The van der Waals surface area contributed by atoms with E-state index in [2.05, 4.69) is 76.2 Å². The highest BCUT2D eigenvalue weighted by Gasteiger charge is 2.18. The van der Waals surface area contributed by atoms with E-state index < -0.39 is 0 Å². The Kier molecular flexibility index (Phi) is 4.20. The molecule has 0 radical (unpaired) electrons. The van der Waals surface area contributed by atoms with Crippen LogP contribution in [0.25, 0.3) is 0 Å². The van der Waals surface area contributed by atoms with Crippen LogP contribution in [0.4, 0.5) is 0 Å². The standard InChI is InChI=1S/C13H25N3S/c1-12(2,3)14-17(15-13(4,5)6)11-9-8-10-16(11)7/h8-10H,1-7H3,(H,14,15). The molecule has 1 N–H and O–H groups in total. The molecule has 1 aromatic heterocycles. The lowest BCUT2D eigenvalue weighted by molar-refractivity contribution is 0.526. The van der Waals surface area contributed by atoms with Crippen molar-refractivity contribution in [3.05, 3.63) is 18.3 Å². The molecule has 1 unspecified atom stereocenters. The van der Waals surface area contributed by atoms with E-state index in [0.717, 1.165) is 0 Å². The summed E-state index contributed by atoms with van der Waals surface area (Å²) in [5.74, 6) is 0. The summed E-state index contributed by atoms with van der Waals surface area (Å²) >= 11 is 0. The van der Waals surface area contributed by atoms with Crippen molar-refractivity contribution >= 4 is 10.9 Å². The summed E-state index contributed by atoms with van der Waals surface area (Å²) in [6.07, 6.45) is 2.07. The van der Waals surface area contributed by atoms with Crippen LogP contribution in [-0.4, -0.2) is 15.6 Å². The molecular formula is C13H25N3S. The van der Waals surface area contributed by atoms with Crippen LogP contribution >= 0.6 is 0 Å². The topological polar surface area (TPSA) is 29.3 Å². The Morgan fingerprint density at radius 2 is 1.76 bits per heavy atom. The molecule has 1 heterocycles. The second-order valence-corrected chi connectivity index (χ2v) is 7.73. The van der Waals surface area contributed by atoms with Crippen LogP contribution in [0.2, 0.25) is 0 Å². The molecule has 0 fully saturated rings. The smallest absolute Gasteiger partial charge is 0.100 e. The van der Waals surface area contributed by atoms with Gasteiger partial charge in [-0.1, -0.05) is 0 Å². The highest BCUT2D eigenvalue weighted by Crippen LogP contribution is 2.16. The average Bonchev–Trinajstić information content (AvgIpc) is 2.44. The predicted molar refractivity (Wildman–Crippen MR) is 76.1 cm³/mol. The Labute approximate surface area is 108 Å². The van der Waals surface area contributed by atoms with Crippen molar-refractivity contribution < 1.29 is 0 Å². The molecule has 0 amide bonds. The molecule has 0 aromatic carbocycles. The number of aromatic nitrogens is 1. The van der Waals surface area contributed by atoms with Crippen molar-refractivity contribution in [3.63, 3.8) is 0 Å². The molecule has 0 aliphatic rings.